The van der Waals surface area contributed by atoms with E-state index in [1.807, 2.05) is 27.9 Å². The monoisotopic (exact) mass is 326 g/mol. The van der Waals surface area contributed by atoms with Gasteiger partial charge in [-0.3, -0.25) is 10.1 Å². The second kappa shape index (κ2) is 12.7. The maximum Gasteiger partial charge on any atom is 0.311 e. The fourth-order valence-electron chi connectivity index (χ4n) is 1.81. The molecule has 0 bridgehead atoms. The van der Waals surface area contributed by atoms with Crippen molar-refractivity contribution in [3.05, 3.63) is 28.3 Å². The molecule has 0 aliphatic rings. The average Bonchev–Trinajstić information content (AvgIpc) is 2.55. The highest BCUT2D eigenvalue weighted by Crippen LogP contribution is 2.29. The largest absolute Gasteiger partial charge is 0.490 e. The minimum atomic E-state index is -0.447. The Balaban J connectivity index is 0.00000232. The third kappa shape index (κ3) is 9.00. The lowest BCUT2D eigenvalue weighted by atomic mass is 10.2. The summed E-state index contributed by atoms with van der Waals surface area (Å²) in [6.45, 7) is 7.73. The highest BCUT2D eigenvalue weighted by atomic mass is 16.6. The molecule has 0 unspecified atom stereocenters. The van der Waals surface area contributed by atoms with Crippen LogP contribution < -0.4 is 15.4 Å². The van der Waals surface area contributed by atoms with Gasteiger partial charge in [0.05, 0.1) is 12.0 Å². The first kappa shape index (κ1) is 21.1. The Morgan fingerprint density at radius 2 is 1.91 bits per heavy atom. The van der Waals surface area contributed by atoms with Gasteiger partial charge in [0.15, 0.2) is 5.75 Å². The van der Waals surface area contributed by atoms with Gasteiger partial charge in [0, 0.05) is 37.5 Å². The van der Waals surface area contributed by atoms with Crippen LogP contribution in [0.25, 0.3) is 0 Å². The van der Waals surface area contributed by atoms with E-state index in [0.717, 1.165) is 38.3 Å². The number of hydrogen-bond acceptors (Lipinski definition) is 6. The first-order chi connectivity index (χ1) is 11.0. The summed E-state index contributed by atoms with van der Waals surface area (Å²) in [5.41, 5.74) is 0.805. The zero-order chi connectivity index (χ0) is 17.7. The van der Waals surface area contributed by atoms with Crippen LogP contribution >= 0.6 is 0 Å². The predicted octanol–water partition coefficient (Wildman–Crippen LogP) is 2.58. The molecular formula is C16H30N4O3. The summed E-state index contributed by atoms with van der Waals surface area (Å²) in [4.78, 5) is 12.5. The number of benzene rings is 1. The molecular weight excluding hydrogens is 296 g/mol. The molecule has 0 saturated carbocycles. The Kier molecular flexibility index (Phi) is 11.6. The van der Waals surface area contributed by atoms with Gasteiger partial charge in [-0.05, 0) is 33.1 Å². The van der Waals surface area contributed by atoms with Gasteiger partial charge in [0.2, 0.25) is 0 Å². The van der Waals surface area contributed by atoms with E-state index >= 15 is 0 Å². The number of ether oxygens (including phenoxy) is 1. The van der Waals surface area contributed by atoms with Crippen LogP contribution in [0.4, 0.5) is 11.4 Å². The van der Waals surface area contributed by atoms with E-state index in [-0.39, 0.29) is 11.4 Å². The lowest BCUT2D eigenvalue weighted by Gasteiger charge is -2.11. The Bertz CT molecular complexity index is 453. The Hall–Kier alpha value is -1.86. The van der Waals surface area contributed by atoms with Crippen molar-refractivity contribution < 1.29 is 9.66 Å². The van der Waals surface area contributed by atoms with E-state index in [4.69, 9.17) is 4.74 Å². The van der Waals surface area contributed by atoms with Gasteiger partial charge < -0.3 is 20.3 Å². The summed E-state index contributed by atoms with van der Waals surface area (Å²) in [5.74, 6) is 0.272. The molecule has 0 heterocycles. The number of hydrogen-bond donors (Lipinski definition) is 2. The van der Waals surface area contributed by atoms with Crippen molar-refractivity contribution in [2.75, 3.05) is 52.7 Å². The fourth-order valence-corrected chi connectivity index (χ4v) is 1.81. The second-order valence-corrected chi connectivity index (χ2v) is 4.98. The van der Waals surface area contributed by atoms with E-state index in [1.54, 1.807) is 12.1 Å². The van der Waals surface area contributed by atoms with Crippen LogP contribution in [-0.4, -0.2) is 57.2 Å². The van der Waals surface area contributed by atoms with Crippen molar-refractivity contribution in [2.45, 2.75) is 20.3 Å². The minimum absolute atomic E-state index is 0.0200. The quantitative estimate of drug-likeness (QED) is 0.391. The van der Waals surface area contributed by atoms with Crippen LogP contribution in [0.5, 0.6) is 5.75 Å². The molecule has 0 aliphatic carbocycles. The van der Waals surface area contributed by atoms with Crippen molar-refractivity contribution >= 4 is 11.4 Å². The lowest BCUT2D eigenvalue weighted by molar-refractivity contribution is -0.385. The molecule has 1 rings (SSSR count). The summed E-state index contributed by atoms with van der Waals surface area (Å²) in [7, 11) is 5.53. The molecule has 0 aliphatic heterocycles. The van der Waals surface area contributed by atoms with E-state index in [1.165, 1.54) is 13.2 Å². The van der Waals surface area contributed by atoms with Crippen molar-refractivity contribution in [1.82, 2.24) is 10.2 Å². The van der Waals surface area contributed by atoms with Crippen LogP contribution in [-0.2, 0) is 0 Å². The zero-order valence-electron chi connectivity index (χ0n) is 14.9. The number of nitro benzene ring substituents is 1. The van der Waals surface area contributed by atoms with Crippen molar-refractivity contribution in [1.29, 1.82) is 0 Å². The van der Waals surface area contributed by atoms with Gasteiger partial charge in [-0.2, -0.15) is 0 Å². The fraction of sp³-hybridized carbons (Fsp3) is 0.625. The number of anilines is 1. The number of likely N-dealkylation sites (N-methyl/N-ethyl adjacent to an activating group) is 1. The summed E-state index contributed by atoms with van der Waals surface area (Å²) in [5, 5.41) is 17.4. The maximum atomic E-state index is 10.8. The highest BCUT2D eigenvalue weighted by molar-refractivity contribution is 5.57. The van der Waals surface area contributed by atoms with E-state index in [2.05, 4.69) is 15.5 Å². The summed E-state index contributed by atoms with van der Waals surface area (Å²) < 4.78 is 5.03. The number of nitrogens with zero attached hydrogens (tertiary/aromatic N) is 2. The van der Waals surface area contributed by atoms with E-state index < -0.39 is 4.92 Å². The normalized spacial score (nSPS) is 10.0. The second-order valence-electron chi connectivity index (χ2n) is 4.98. The van der Waals surface area contributed by atoms with E-state index in [0.29, 0.717) is 0 Å². The van der Waals surface area contributed by atoms with Crippen molar-refractivity contribution in [2.24, 2.45) is 0 Å². The predicted molar refractivity (Wildman–Crippen MR) is 95.5 cm³/mol. The molecule has 132 valence electrons. The molecule has 0 amide bonds. The summed E-state index contributed by atoms with van der Waals surface area (Å²) >= 11 is 0. The molecule has 0 aromatic heterocycles. The number of nitro groups is 1. The Morgan fingerprint density at radius 3 is 2.48 bits per heavy atom. The molecule has 7 nitrogen and oxygen atoms in total. The van der Waals surface area contributed by atoms with Crippen molar-refractivity contribution in [3.63, 3.8) is 0 Å². The average molecular weight is 326 g/mol. The topological polar surface area (TPSA) is 79.7 Å². The Labute approximate surface area is 139 Å². The molecule has 2 N–H and O–H groups in total. The van der Waals surface area contributed by atoms with Crippen LogP contribution in [0.1, 0.15) is 20.3 Å². The molecule has 23 heavy (non-hydrogen) atoms. The molecule has 0 atom stereocenters. The number of rotatable bonds is 10. The van der Waals surface area contributed by atoms with Gasteiger partial charge in [-0.15, -0.1) is 0 Å². The minimum Gasteiger partial charge on any atom is -0.490 e. The molecule has 1 aromatic carbocycles. The summed E-state index contributed by atoms with van der Waals surface area (Å²) in [6.07, 6.45) is 0.979. The van der Waals surface area contributed by atoms with Gasteiger partial charge in [-0.25, -0.2) is 0 Å². The molecule has 0 spiro atoms. The number of nitrogens with one attached hydrogen (secondary N) is 2. The smallest absolute Gasteiger partial charge is 0.311 e. The third-order valence-corrected chi connectivity index (χ3v) is 2.97. The molecule has 0 saturated heterocycles. The standard InChI is InChI=1S/C14H24N4O3.C2H6/c1-17(2)10-9-15-7-4-8-16-12-5-6-13(18(19)20)14(11-12)21-3;1-2/h5-6,11,15-16H,4,7-10H2,1-3H3;1-2H3. The zero-order valence-corrected chi connectivity index (χ0v) is 14.9. The SMILES string of the molecule is CC.COc1cc(NCCCNCCN(C)C)ccc1[N+](=O)[O-]. The first-order valence-corrected chi connectivity index (χ1v) is 7.96. The number of methoxy groups -OCH3 is 1. The third-order valence-electron chi connectivity index (χ3n) is 2.97. The van der Waals surface area contributed by atoms with Gasteiger partial charge in [-0.1, -0.05) is 13.8 Å². The summed E-state index contributed by atoms with van der Waals surface area (Å²) in [6, 6.07) is 4.80. The highest BCUT2D eigenvalue weighted by Gasteiger charge is 2.14. The van der Waals surface area contributed by atoms with Crippen LogP contribution in [0.2, 0.25) is 0 Å². The van der Waals surface area contributed by atoms with Crippen LogP contribution in [0, 0.1) is 10.1 Å². The van der Waals surface area contributed by atoms with E-state index in [9.17, 15) is 10.1 Å². The van der Waals surface area contributed by atoms with Gasteiger partial charge in [0.25, 0.3) is 0 Å². The maximum absolute atomic E-state index is 10.8. The molecule has 1 aromatic rings. The molecule has 0 fully saturated rings. The van der Waals surface area contributed by atoms with Gasteiger partial charge in [0.1, 0.15) is 0 Å². The lowest BCUT2D eigenvalue weighted by Crippen LogP contribution is -2.27. The van der Waals surface area contributed by atoms with Crippen molar-refractivity contribution in [3.8, 4) is 5.75 Å². The first-order valence-electron chi connectivity index (χ1n) is 7.96. The molecule has 0 radical (unpaired) electrons. The van der Waals surface area contributed by atoms with Gasteiger partial charge >= 0.3 is 5.69 Å². The molecule has 7 heteroatoms. The van der Waals surface area contributed by atoms with Crippen LogP contribution in [0.3, 0.4) is 0 Å². The Morgan fingerprint density at radius 1 is 1.22 bits per heavy atom. The van der Waals surface area contributed by atoms with Crippen LogP contribution in [0.15, 0.2) is 18.2 Å².